The number of pyridine rings is 1. The second kappa shape index (κ2) is 40.5. The van der Waals surface area contributed by atoms with Crippen molar-refractivity contribution in [2.75, 3.05) is 0 Å². The molecule has 0 amide bonds. The number of para-hydroxylation sites is 2. The number of benzene rings is 12. The molecular formula is C93H113N7+4. The summed E-state index contributed by atoms with van der Waals surface area (Å²) >= 11 is 0. The summed E-state index contributed by atoms with van der Waals surface area (Å²) < 4.78 is 8.67. The van der Waals surface area contributed by atoms with Gasteiger partial charge in [0.05, 0.1) is 32.8 Å². The van der Waals surface area contributed by atoms with Gasteiger partial charge in [-0.05, 0) is 141 Å². The summed E-state index contributed by atoms with van der Waals surface area (Å²) in [4.78, 5) is 9.23. The molecule has 0 N–H and O–H groups in total. The van der Waals surface area contributed by atoms with Crippen molar-refractivity contribution in [1.29, 1.82) is 0 Å². The number of hydrogen-bond acceptors (Lipinski definition) is 3. The van der Waals surface area contributed by atoms with E-state index in [0.29, 0.717) is 0 Å². The lowest BCUT2D eigenvalue weighted by molar-refractivity contribution is -0.719. The second-order valence-corrected chi connectivity index (χ2v) is 22.1. The van der Waals surface area contributed by atoms with Crippen LogP contribution >= 0.6 is 0 Å². The molecule has 4 heterocycles. The van der Waals surface area contributed by atoms with Crippen molar-refractivity contribution in [1.82, 2.24) is 15.1 Å². The molecule has 7 heteroatoms. The maximum absolute atomic E-state index is 4.69. The molecule has 0 atom stereocenters. The van der Waals surface area contributed by atoms with Gasteiger partial charge in [0, 0.05) is 29.0 Å². The fourth-order valence-corrected chi connectivity index (χ4v) is 12.4. The van der Waals surface area contributed by atoms with Crippen molar-refractivity contribution in [2.45, 2.75) is 138 Å². The molecule has 0 spiro atoms. The van der Waals surface area contributed by atoms with Crippen molar-refractivity contribution >= 4 is 97.6 Å². The minimum Gasteiger partial charge on any atom is -0.243 e. The van der Waals surface area contributed by atoms with Gasteiger partial charge < -0.3 is 0 Å². The third-order valence-electron chi connectivity index (χ3n) is 16.9. The Balaban J connectivity index is 0.000000225. The monoisotopic (exact) mass is 1330 g/mol. The maximum Gasteiger partial charge on any atom is 0.246 e. The van der Waals surface area contributed by atoms with Crippen LogP contribution in [0.4, 0.5) is 0 Å². The number of fused-ring (bicyclic) bond motifs is 7. The van der Waals surface area contributed by atoms with Crippen LogP contribution < -0.4 is 18.4 Å². The van der Waals surface area contributed by atoms with Gasteiger partial charge in [0.15, 0.2) is 13.2 Å². The first kappa shape index (κ1) is 80.3. The Labute approximate surface area is 599 Å². The predicted octanol–water partition coefficient (Wildman–Crippen LogP) is 24.5. The lowest BCUT2D eigenvalue weighted by atomic mass is 9.90. The zero-order valence-electron chi connectivity index (χ0n) is 64.8. The topological polar surface area (TPSA) is 54.2 Å². The van der Waals surface area contributed by atoms with Gasteiger partial charge in [0.1, 0.15) is 50.8 Å². The van der Waals surface area contributed by atoms with Crippen LogP contribution in [-0.2, 0) is 28.2 Å². The zero-order chi connectivity index (χ0) is 73.6. The fourth-order valence-electron chi connectivity index (χ4n) is 12.4. The van der Waals surface area contributed by atoms with E-state index >= 15 is 0 Å². The van der Waals surface area contributed by atoms with Gasteiger partial charge >= 0.3 is 0 Å². The first-order valence-electron chi connectivity index (χ1n) is 36.7. The molecule has 7 nitrogen and oxygen atoms in total. The number of nitrogens with zero attached hydrogens (tertiary/aromatic N) is 7. The molecule has 4 aromatic heterocycles. The quantitative estimate of drug-likeness (QED) is 0.101. The van der Waals surface area contributed by atoms with Gasteiger partial charge in [-0.15, -0.1) is 0 Å². The van der Waals surface area contributed by atoms with E-state index in [4.69, 9.17) is 0 Å². The number of aromatic nitrogens is 7. The van der Waals surface area contributed by atoms with Crippen molar-refractivity contribution in [3.63, 3.8) is 0 Å². The van der Waals surface area contributed by atoms with Crippen LogP contribution in [0.1, 0.15) is 133 Å². The molecule has 0 fully saturated rings. The maximum atomic E-state index is 4.69. The van der Waals surface area contributed by atoms with Crippen LogP contribution in [0, 0.1) is 27.7 Å². The molecule has 100 heavy (non-hydrogen) atoms. The Kier molecular flexibility index (Phi) is 32.5. The van der Waals surface area contributed by atoms with Crippen molar-refractivity contribution in [2.24, 2.45) is 28.2 Å². The zero-order valence-corrected chi connectivity index (χ0v) is 64.8. The molecule has 0 aliphatic carbocycles. The highest BCUT2D eigenvalue weighted by Crippen LogP contribution is 2.40. The molecule has 0 saturated carbocycles. The summed E-state index contributed by atoms with van der Waals surface area (Å²) in [7, 11) is 8.36. The van der Waals surface area contributed by atoms with E-state index in [0.717, 1.165) is 33.5 Å². The van der Waals surface area contributed by atoms with Crippen LogP contribution in [0.2, 0.25) is 0 Å². The van der Waals surface area contributed by atoms with Crippen LogP contribution in [0.5, 0.6) is 0 Å². The SMILES string of the molecule is CC.CC.CC.CC.CC.CC.CC.CC.Cc1ccc2cccc3c4cccc5cc[n+](C)c(c1c23)c54.Cc1ccccc1-c1c2cc3ccccc3cc2cn[n+]1C.Cc1ccccc1-c1cnc2cc3ccccc3cc2[n+]1C.Cc1ccccc1-c1cnc2ccccc2[n+]1C. The Bertz CT molecular complexity index is 5110. The molecule has 16 aromatic rings. The van der Waals surface area contributed by atoms with Gasteiger partial charge in [-0.3, -0.25) is 0 Å². The predicted molar refractivity (Wildman–Crippen MR) is 439 cm³/mol. The highest BCUT2D eigenvalue weighted by atomic mass is 15.2. The Morgan fingerprint density at radius 2 is 0.700 bits per heavy atom. The molecule has 0 saturated heterocycles. The Morgan fingerprint density at radius 1 is 0.280 bits per heavy atom. The summed E-state index contributed by atoms with van der Waals surface area (Å²) in [5.41, 5.74) is 18.0. The first-order chi connectivity index (χ1) is 49.0. The highest BCUT2D eigenvalue weighted by molar-refractivity contribution is 6.31. The Morgan fingerprint density at radius 3 is 1.24 bits per heavy atom. The molecule has 0 bridgehead atoms. The highest BCUT2D eigenvalue weighted by Gasteiger charge is 2.23. The summed E-state index contributed by atoms with van der Waals surface area (Å²) in [6.07, 6.45) is 8.04. The van der Waals surface area contributed by atoms with E-state index in [9.17, 15) is 0 Å². The minimum absolute atomic E-state index is 1.03. The third-order valence-corrected chi connectivity index (χ3v) is 16.9. The molecule has 516 valence electrons. The standard InChI is InChI=1S/C21H16N.2C20H17N2.C16H15N2.8C2H6/c1-13-9-10-14-5-3-7-16-17-8-4-6-15-11-12-22(2)21(20(15)17)18(13)19(14)16;1-14-7-3-6-10-18(14)20-19-12-16-9-5-4-8-15(16)11-17(19)13-21-22(20)2;1-14-7-3-6-10-17(14)20-13-21-18-11-15-8-4-5-9-16(15)12-19(18)22(20)2;1-12-7-3-4-8-13(12)16-11-17-14-9-5-6-10-15(14)18(16)2;8*1-2/h3-12H,1-2H3;2*3-13H,1-2H3;3-11H,1-2H3;8*1-2H3/q4*+1;;;;;;;;. The van der Waals surface area contributed by atoms with Gasteiger partial charge in [-0.2, -0.15) is 9.13 Å². The van der Waals surface area contributed by atoms with Crippen LogP contribution in [0.25, 0.3) is 131 Å². The van der Waals surface area contributed by atoms with E-state index in [1.165, 1.54) is 120 Å². The van der Waals surface area contributed by atoms with Crippen LogP contribution in [0.3, 0.4) is 0 Å². The van der Waals surface area contributed by atoms with Crippen molar-refractivity contribution in [3.8, 4) is 33.8 Å². The van der Waals surface area contributed by atoms with E-state index in [1.807, 2.05) is 159 Å². The molecule has 0 radical (unpaired) electrons. The van der Waals surface area contributed by atoms with Crippen molar-refractivity contribution < 1.29 is 18.4 Å². The van der Waals surface area contributed by atoms with Crippen molar-refractivity contribution in [3.05, 3.63) is 271 Å². The lowest BCUT2D eigenvalue weighted by Gasteiger charge is -2.13. The summed E-state index contributed by atoms with van der Waals surface area (Å²) in [6.45, 7) is 40.6. The van der Waals surface area contributed by atoms with E-state index < -0.39 is 0 Å². The first-order valence-corrected chi connectivity index (χ1v) is 36.7. The molecule has 0 aliphatic heterocycles. The van der Waals surface area contributed by atoms with Gasteiger partial charge in [-0.1, -0.05) is 279 Å². The summed E-state index contributed by atoms with van der Waals surface area (Å²) in [6, 6.07) is 79.3. The number of aryl methyl sites for hydroxylation is 8. The molecular weight excluding hydrogens is 1220 g/mol. The van der Waals surface area contributed by atoms with E-state index in [2.05, 4.69) is 290 Å². The van der Waals surface area contributed by atoms with Gasteiger partial charge in [-0.25, -0.2) is 14.5 Å². The fraction of sp³-hybridized carbons (Fsp3) is 0.258. The second-order valence-electron chi connectivity index (χ2n) is 22.1. The van der Waals surface area contributed by atoms with Crippen LogP contribution in [0.15, 0.2) is 249 Å². The lowest BCUT2D eigenvalue weighted by Crippen LogP contribution is -2.35. The molecule has 0 unspecified atom stereocenters. The number of hydrogen-bond donors (Lipinski definition) is 0. The molecule has 12 aromatic carbocycles. The average Bonchev–Trinajstić information content (AvgIpc) is 0.716. The van der Waals surface area contributed by atoms with E-state index in [-0.39, 0.29) is 0 Å². The third kappa shape index (κ3) is 17.7. The Hall–Kier alpha value is -10.4. The summed E-state index contributed by atoms with van der Waals surface area (Å²) in [5, 5.41) is 21.5. The minimum atomic E-state index is 1.03. The summed E-state index contributed by atoms with van der Waals surface area (Å²) in [5.74, 6) is 0. The number of rotatable bonds is 3. The van der Waals surface area contributed by atoms with E-state index in [1.54, 1.807) is 0 Å². The normalized spacial score (nSPS) is 10.0. The molecule has 16 rings (SSSR count). The van der Waals surface area contributed by atoms with Crippen LogP contribution in [-0.4, -0.2) is 15.1 Å². The van der Waals surface area contributed by atoms with Gasteiger partial charge in [0.25, 0.3) is 0 Å². The average molecular weight is 1330 g/mol. The molecule has 0 aliphatic rings. The van der Waals surface area contributed by atoms with Gasteiger partial charge in [0.2, 0.25) is 33.6 Å². The smallest absolute Gasteiger partial charge is 0.243 e. The largest absolute Gasteiger partial charge is 0.246 e.